The normalized spacial score (nSPS) is 14.8. The number of hydrogen-bond donors (Lipinski definition) is 1. The van der Waals surface area contributed by atoms with Crippen LogP contribution < -0.4 is 5.32 Å². The van der Waals surface area contributed by atoms with Crippen LogP contribution in [0.15, 0.2) is 18.2 Å². The Bertz CT molecular complexity index is 723. The first-order chi connectivity index (χ1) is 11.2. The zero-order valence-corrected chi connectivity index (χ0v) is 13.8. The van der Waals surface area contributed by atoms with Crippen LogP contribution in [0.4, 0.5) is 14.9 Å². The monoisotopic (exact) mass is 355 g/mol. The molecule has 9 heteroatoms. The molecule has 0 aliphatic carbocycles. The maximum Gasteiger partial charge on any atom is 0.334 e. The summed E-state index contributed by atoms with van der Waals surface area (Å²) in [6.45, 7) is 2.96. The van der Waals surface area contributed by atoms with Crippen LogP contribution in [-0.4, -0.2) is 46.6 Å². The summed E-state index contributed by atoms with van der Waals surface area (Å²) in [6, 6.07) is 2.78. The first-order valence-corrected chi connectivity index (χ1v) is 7.50. The molecule has 0 atom stereocenters. The number of imide groups is 2. The van der Waals surface area contributed by atoms with Crippen molar-refractivity contribution in [1.82, 2.24) is 9.80 Å². The van der Waals surface area contributed by atoms with Gasteiger partial charge >= 0.3 is 17.8 Å². The van der Waals surface area contributed by atoms with Gasteiger partial charge in [0.15, 0.2) is 0 Å². The topological polar surface area (TPSA) is 86.8 Å². The van der Waals surface area contributed by atoms with Crippen molar-refractivity contribution < 1.29 is 23.6 Å². The summed E-state index contributed by atoms with van der Waals surface area (Å²) in [5.74, 6) is -3.64. The molecule has 0 aromatic heterocycles. The third kappa shape index (κ3) is 3.70. The van der Waals surface area contributed by atoms with Gasteiger partial charge in [-0.1, -0.05) is 25.4 Å². The smallest absolute Gasteiger partial charge is 0.322 e. The minimum Gasteiger partial charge on any atom is -0.322 e. The Morgan fingerprint density at radius 1 is 1.21 bits per heavy atom. The lowest BCUT2D eigenvalue weighted by Gasteiger charge is -2.16. The zero-order chi connectivity index (χ0) is 18.0. The van der Waals surface area contributed by atoms with Gasteiger partial charge in [0.25, 0.3) is 0 Å². The van der Waals surface area contributed by atoms with Crippen LogP contribution in [0.1, 0.15) is 13.8 Å². The average molecular weight is 356 g/mol. The third-order valence-corrected chi connectivity index (χ3v) is 3.42. The van der Waals surface area contributed by atoms with E-state index in [9.17, 15) is 23.6 Å². The summed E-state index contributed by atoms with van der Waals surface area (Å²) in [7, 11) is 0. The van der Waals surface area contributed by atoms with Crippen LogP contribution in [0, 0.1) is 11.7 Å². The minimum absolute atomic E-state index is 0.0253. The molecule has 1 fully saturated rings. The Morgan fingerprint density at radius 2 is 1.83 bits per heavy atom. The number of benzene rings is 1. The molecule has 0 saturated carbocycles. The number of rotatable bonds is 5. The average Bonchev–Trinajstić information content (AvgIpc) is 2.67. The summed E-state index contributed by atoms with van der Waals surface area (Å²) >= 11 is 5.61. The van der Waals surface area contributed by atoms with E-state index in [1.54, 1.807) is 13.8 Å². The molecule has 0 spiro atoms. The lowest BCUT2D eigenvalue weighted by molar-refractivity contribution is -0.143. The van der Waals surface area contributed by atoms with Crippen molar-refractivity contribution in [3.8, 4) is 0 Å². The number of hydrogen-bond acceptors (Lipinski definition) is 4. The Labute approximate surface area is 142 Å². The van der Waals surface area contributed by atoms with E-state index in [0.717, 1.165) is 11.0 Å². The highest BCUT2D eigenvalue weighted by atomic mass is 35.5. The molecule has 2 rings (SSSR count). The van der Waals surface area contributed by atoms with Crippen molar-refractivity contribution in [2.24, 2.45) is 5.92 Å². The van der Waals surface area contributed by atoms with Crippen molar-refractivity contribution >= 4 is 41.0 Å². The van der Waals surface area contributed by atoms with Crippen LogP contribution in [-0.2, 0) is 14.4 Å². The van der Waals surface area contributed by atoms with Crippen LogP contribution in [0.5, 0.6) is 0 Å². The Morgan fingerprint density at radius 3 is 2.42 bits per heavy atom. The number of anilines is 1. The van der Waals surface area contributed by atoms with E-state index in [4.69, 9.17) is 11.6 Å². The molecule has 1 saturated heterocycles. The van der Waals surface area contributed by atoms with Gasteiger partial charge in [-0.3, -0.25) is 19.3 Å². The van der Waals surface area contributed by atoms with E-state index in [0.29, 0.717) is 4.90 Å². The largest absolute Gasteiger partial charge is 0.334 e. The highest BCUT2D eigenvalue weighted by Crippen LogP contribution is 2.19. The molecular formula is C15H15ClFN3O4. The highest BCUT2D eigenvalue weighted by molar-refractivity contribution is 6.45. The molecule has 0 bridgehead atoms. The molecule has 128 valence electrons. The second-order valence-corrected chi connectivity index (χ2v) is 6.09. The van der Waals surface area contributed by atoms with E-state index in [1.165, 1.54) is 12.1 Å². The van der Waals surface area contributed by atoms with Crippen molar-refractivity contribution in [2.75, 3.05) is 18.4 Å². The molecule has 1 aliphatic heterocycles. The Hall–Kier alpha value is -2.48. The SMILES string of the molecule is CC(C)CN1C(=O)C(=O)N(CC(=O)Nc2ccc(Cl)cc2F)C1=O. The summed E-state index contributed by atoms with van der Waals surface area (Å²) < 4.78 is 13.6. The fourth-order valence-electron chi connectivity index (χ4n) is 2.14. The van der Waals surface area contributed by atoms with Crippen LogP contribution in [0.25, 0.3) is 0 Å². The van der Waals surface area contributed by atoms with Crippen LogP contribution >= 0.6 is 11.6 Å². The predicted octanol–water partition coefficient (Wildman–Crippen LogP) is 1.86. The zero-order valence-electron chi connectivity index (χ0n) is 13.0. The second kappa shape index (κ2) is 6.96. The molecular weight excluding hydrogens is 341 g/mol. The number of carbonyl (C=O) groups is 4. The van der Waals surface area contributed by atoms with E-state index >= 15 is 0 Å². The van der Waals surface area contributed by atoms with Gasteiger partial charge < -0.3 is 5.32 Å². The molecule has 0 radical (unpaired) electrons. The summed E-state index contributed by atoms with van der Waals surface area (Å²) in [5, 5.41) is 2.39. The highest BCUT2D eigenvalue weighted by Gasteiger charge is 2.45. The summed E-state index contributed by atoms with van der Waals surface area (Å²) in [6.07, 6.45) is 0. The Balaban J connectivity index is 2.07. The number of urea groups is 1. The van der Waals surface area contributed by atoms with Gasteiger partial charge in [-0.15, -0.1) is 0 Å². The fourth-order valence-corrected chi connectivity index (χ4v) is 2.30. The van der Waals surface area contributed by atoms with E-state index < -0.39 is 36.1 Å². The van der Waals surface area contributed by atoms with Gasteiger partial charge in [0.05, 0.1) is 5.69 Å². The van der Waals surface area contributed by atoms with Gasteiger partial charge in [0, 0.05) is 11.6 Å². The van der Waals surface area contributed by atoms with Crippen molar-refractivity contribution in [2.45, 2.75) is 13.8 Å². The standard InChI is InChI=1S/C15H15ClFN3O4/c1-8(2)6-19-13(22)14(23)20(15(19)24)7-12(21)18-11-4-3-9(16)5-10(11)17/h3-5,8H,6-7H2,1-2H3,(H,18,21). The van der Waals surface area contributed by atoms with Gasteiger partial charge in [0.2, 0.25) is 5.91 Å². The molecule has 1 heterocycles. The molecule has 1 aliphatic rings. The molecule has 7 nitrogen and oxygen atoms in total. The lowest BCUT2D eigenvalue weighted by atomic mass is 10.2. The van der Waals surface area contributed by atoms with Crippen LogP contribution in [0.2, 0.25) is 5.02 Å². The molecule has 1 aromatic rings. The first kappa shape index (κ1) is 17.9. The third-order valence-electron chi connectivity index (χ3n) is 3.19. The van der Waals surface area contributed by atoms with Crippen molar-refractivity contribution in [3.05, 3.63) is 29.0 Å². The predicted molar refractivity (Wildman–Crippen MR) is 83.7 cm³/mol. The van der Waals surface area contributed by atoms with E-state index in [2.05, 4.69) is 5.32 Å². The number of amides is 5. The number of nitrogens with one attached hydrogen (secondary N) is 1. The van der Waals surface area contributed by atoms with Gasteiger partial charge in [-0.05, 0) is 24.1 Å². The van der Waals surface area contributed by atoms with Gasteiger partial charge in [0.1, 0.15) is 12.4 Å². The molecule has 1 aromatic carbocycles. The van der Waals surface area contributed by atoms with Gasteiger partial charge in [-0.2, -0.15) is 0 Å². The molecule has 0 unspecified atom stereocenters. The fraction of sp³-hybridized carbons (Fsp3) is 0.333. The summed E-state index contributed by atoms with van der Waals surface area (Å²) in [5.41, 5.74) is -0.145. The number of halogens is 2. The van der Waals surface area contributed by atoms with Crippen molar-refractivity contribution in [1.29, 1.82) is 0 Å². The maximum atomic E-state index is 13.6. The van der Waals surface area contributed by atoms with Crippen LogP contribution in [0.3, 0.4) is 0 Å². The number of carbonyl (C=O) groups excluding carboxylic acids is 4. The van der Waals surface area contributed by atoms with Crippen molar-refractivity contribution in [3.63, 3.8) is 0 Å². The molecule has 5 amide bonds. The first-order valence-electron chi connectivity index (χ1n) is 7.13. The quantitative estimate of drug-likeness (QED) is 0.645. The lowest BCUT2D eigenvalue weighted by Crippen LogP contribution is -2.39. The molecule has 1 N–H and O–H groups in total. The van der Waals surface area contributed by atoms with Gasteiger partial charge in [-0.25, -0.2) is 14.1 Å². The Kier molecular flexibility index (Phi) is 5.18. The maximum absolute atomic E-state index is 13.6. The number of nitrogens with zero attached hydrogens (tertiary/aromatic N) is 2. The second-order valence-electron chi connectivity index (χ2n) is 5.66. The van der Waals surface area contributed by atoms with E-state index in [-0.39, 0.29) is 23.2 Å². The van der Waals surface area contributed by atoms with E-state index in [1.807, 2.05) is 0 Å². The summed E-state index contributed by atoms with van der Waals surface area (Å²) in [4.78, 5) is 49.0. The minimum atomic E-state index is -1.08. The molecule has 24 heavy (non-hydrogen) atoms.